The third kappa shape index (κ3) is 5.70. The fraction of sp³-hybridized carbons (Fsp3) is 0.154. The number of benzene rings is 3. The minimum atomic E-state index is -1.02. The number of ether oxygens (including phenoxy) is 1. The van der Waals surface area contributed by atoms with Gasteiger partial charge in [0.1, 0.15) is 23.9 Å². The minimum Gasteiger partial charge on any atom is -0.492 e. The normalized spacial score (nSPS) is 11.6. The smallest absolute Gasteiger partial charge is 0.335 e. The Kier molecular flexibility index (Phi) is 7.15. The molecule has 1 heterocycles. The second-order valence-electron chi connectivity index (χ2n) is 7.80. The summed E-state index contributed by atoms with van der Waals surface area (Å²) in [7, 11) is 0. The van der Waals surface area contributed by atoms with Crippen LogP contribution in [0.25, 0.3) is 11.3 Å². The van der Waals surface area contributed by atoms with E-state index in [4.69, 9.17) is 9.84 Å². The van der Waals surface area contributed by atoms with Crippen molar-refractivity contribution < 1.29 is 23.8 Å². The summed E-state index contributed by atoms with van der Waals surface area (Å²) < 4.78 is 20.2. The molecule has 1 atom stereocenters. The lowest BCUT2D eigenvalue weighted by Crippen LogP contribution is -2.30. The summed E-state index contributed by atoms with van der Waals surface area (Å²) in [5.74, 6) is -1.25. The van der Waals surface area contributed by atoms with E-state index in [1.165, 1.54) is 41.1 Å². The summed E-state index contributed by atoms with van der Waals surface area (Å²) in [5, 5.41) is 20.4. The minimum absolute atomic E-state index is 0.169. The molecule has 0 aliphatic heterocycles. The standard InChI is InChI=1S/C26H23FN4O4/c1-17(18-7-9-20(10-8-18)26(33)34)28-25(32)24-23(19-5-3-2-4-6-19)29-30-31(24)15-16-35-22-13-11-21(27)12-14-22/h2-14,17H,15-16H2,1H3,(H,28,32)(H,33,34)/t17-/m0/s1. The van der Waals surface area contributed by atoms with Crippen LogP contribution in [-0.4, -0.2) is 38.6 Å². The van der Waals surface area contributed by atoms with Crippen LogP contribution in [0.5, 0.6) is 5.75 Å². The highest BCUT2D eigenvalue weighted by molar-refractivity contribution is 5.98. The van der Waals surface area contributed by atoms with Gasteiger partial charge in [0.05, 0.1) is 18.2 Å². The van der Waals surface area contributed by atoms with Crippen molar-refractivity contribution in [1.82, 2.24) is 20.3 Å². The molecule has 8 nitrogen and oxygen atoms in total. The third-order valence-corrected chi connectivity index (χ3v) is 5.39. The molecule has 0 saturated carbocycles. The molecule has 1 aromatic heterocycles. The molecule has 0 unspecified atom stereocenters. The molecule has 4 aromatic rings. The van der Waals surface area contributed by atoms with Crippen molar-refractivity contribution in [1.29, 1.82) is 0 Å². The van der Waals surface area contributed by atoms with Crippen LogP contribution in [0.4, 0.5) is 4.39 Å². The molecule has 0 aliphatic rings. The van der Waals surface area contributed by atoms with E-state index < -0.39 is 12.0 Å². The van der Waals surface area contributed by atoms with E-state index in [9.17, 15) is 14.0 Å². The number of aromatic carboxylic acids is 1. The van der Waals surface area contributed by atoms with E-state index in [1.54, 1.807) is 12.1 Å². The zero-order chi connectivity index (χ0) is 24.8. The fourth-order valence-electron chi connectivity index (χ4n) is 3.53. The monoisotopic (exact) mass is 474 g/mol. The van der Waals surface area contributed by atoms with Crippen LogP contribution < -0.4 is 10.1 Å². The predicted octanol–water partition coefficient (Wildman–Crippen LogP) is 4.35. The highest BCUT2D eigenvalue weighted by Gasteiger charge is 2.23. The Morgan fingerprint density at radius 3 is 2.37 bits per heavy atom. The van der Waals surface area contributed by atoms with Crippen molar-refractivity contribution in [3.05, 3.63) is 102 Å². The van der Waals surface area contributed by atoms with Gasteiger partial charge in [-0.3, -0.25) is 4.79 Å². The van der Waals surface area contributed by atoms with Crippen molar-refractivity contribution in [3.8, 4) is 17.0 Å². The number of carbonyl (C=O) groups is 2. The van der Waals surface area contributed by atoms with Crippen molar-refractivity contribution in [2.24, 2.45) is 0 Å². The molecule has 9 heteroatoms. The molecule has 1 amide bonds. The van der Waals surface area contributed by atoms with Crippen molar-refractivity contribution >= 4 is 11.9 Å². The number of hydrogen-bond acceptors (Lipinski definition) is 5. The van der Waals surface area contributed by atoms with Crippen LogP contribution in [0.1, 0.15) is 39.4 Å². The number of nitrogens with one attached hydrogen (secondary N) is 1. The summed E-state index contributed by atoms with van der Waals surface area (Å²) in [6.07, 6.45) is 0. The first-order chi connectivity index (χ1) is 16.9. The maximum Gasteiger partial charge on any atom is 0.335 e. The average Bonchev–Trinajstić information content (AvgIpc) is 3.30. The molecular formula is C26H23FN4O4. The number of carboxylic acid groups (broad SMARTS) is 1. The lowest BCUT2D eigenvalue weighted by molar-refractivity contribution is 0.0696. The van der Waals surface area contributed by atoms with Gasteiger partial charge in [-0.15, -0.1) is 5.10 Å². The first-order valence-corrected chi connectivity index (χ1v) is 10.9. The molecule has 0 saturated heterocycles. The van der Waals surface area contributed by atoms with Gasteiger partial charge < -0.3 is 15.2 Å². The number of hydrogen-bond donors (Lipinski definition) is 2. The topological polar surface area (TPSA) is 106 Å². The maximum atomic E-state index is 13.4. The SMILES string of the molecule is C[C@H](NC(=O)c1c(-c2ccccc2)nnn1CCOc1ccc(F)cc1)c1ccc(C(=O)O)cc1. The number of carboxylic acids is 1. The zero-order valence-corrected chi connectivity index (χ0v) is 18.9. The first-order valence-electron chi connectivity index (χ1n) is 10.9. The molecule has 0 radical (unpaired) electrons. The van der Waals surface area contributed by atoms with E-state index in [0.29, 0.717) is 11.4 Å². The van der Waals surface area contributed by atoms with Crippen LogP contribution in [0, 0.1) is 5.82 Å². The van der Waals surface area contributed by atoms with Crippen LogP contribution in [-0.2, 0) is 6.54 Å². The average molecular weight is 474 g/mol. The quantitative estimate of drug-likeness (QED) is 0.374. The van der Waals surface area contributed by atoms with Gasteiger partial charge in [-0.05, 0) is 48.9 Å². The van der Waals surface area contributed by atoms with E-state index in [1.807, 2.05) is 37.3 Å². The molecule has 4 rings (SSSR count). The third-order valence-electron chi connectivity index (χ3n) is 5.39. The fourth-order valence-corrected chi connectivity index (χ4v) is 3.53. The first kappa shape index (κ1) is 23.6. The highest BCUT2D eigenvalue weighted by atomic mass is 19.1. The number of halogens is 1. The Hall–Kier alpha value is -4.53. The second-order valence-corrected chi connectivity index (χ2v) is 7.80. The molecule has 35 heavy (non-hydrogen) atoms. The number of carbonyl (C=O) groups excluding carboxylic acids is 1. The van der Waals surface area contributed by atoms with Gasteiger partial charge in [-0.25, -0.2) is 13.9 Å². The molecule has 0 aliphatic carbocycles. The van der Waals surface area contributed by atoms with Gasteiger partial charge in [0.15, 0.2) is 5.69 Å². The number of nitrogens with zero attached hydrogens (tertiary/aromatic N) is 3. The van der Waals surface area contributed by atoms with Crippen molar-refractivity contribution in [2.75, 3.05) is 6.61 Å². The van der Waals surface area contributed by atoms with Crippen LogP contribution in [0.2, 0.25) is 0 Å². The van der Waals surface area contributed by atoms with E-state index in [2.05, 4.69) is 15.6 Å². The summed E-state index contributed by atoms with van der Waals surface area (Å²) in [5.41, 5.74) is 2.36. The molecule has 0 fully saturated rings. The summed E-state index contributed by atoms with van der Waals surface area (Å²) >= 11 is 0. The Morgan fingerprint density at radius 2 is 1.71 bits per heavy atom. The van der Waals surface area contributed by atoms with Crippen molar-refractivity contribution in [3.63, 3.8) is 0 Å². The number of aromatic nitrogens is 3. The Labute approximate surface area is 201 Å². The Bertz CT molecular complexity index is 1310. The maximum absolute atomic E-state index is 13.4. The molecule has 0 spiro atoms. The second kappa shape index (κ2) is 10.6. The van der Waals surface area contributed by atoms with E-state index in [-0.39, 0.29) is 36.1 Å². The van der Waals surface area contributed by atoms with Crippen LogP contribution in [0.3, 0.4) is 0 Å². The van der Waals surface area contributed by atoms with Crippen LogP contribution >= 0.6 is 0 Å². The number of amides is 1. The molecule has 3 aromatic carbocycles. The van der Waals surface area contributed by atoms with E-state index >= 15 is 0 Å². The zero-order valence-electron chi connectivity index (χ0n) is 18.9. The molecule has 2 N–H and O–H groups in total. The predicted molar refractivity (Wildman–Crippen MR) is 127 cm³/mol. The lowest BCUT2D eigenvalue weighted by Gasteiger charge is -2.16. The Balaban J connectivity index is 1.54. The van der Waals surface area contributed by atoms with Gasteiger partial charge in [0.25, 0.3) is 5.91 Å². The highest BCUT2D eigenvalue weighted by Crippen LogP contribution is 2.22. The van der Waals surface area contributed by atoms with Gasteiger partial charge in [0.2, 0.25) is 0 Å². The summed E-state index contributed by atoms with van der Waals surface area (Å²) in [6.45, 7) is 2.24. The number of rotatable bonds is 9. The van der Waals surface area contributed by atoms with E-state index in [0.717, 1.165) is 11.1 Å². The molecule has 0 bridgehead atoms. The van der Waals surface area contributed by atoms with Gasteiger partial charge in [-0.1, -0.05) is 47.7 Å². The summed E-state index contributed by atoms with van der Waals surface area (Å²) in [4.78, 5) is 24.5. The molecular weight excluding hydrogens is 451 g/mol. The van der Waals surface area contributed by atoms with Gasteiger partial charge >= 0.3 is 5.97 Å². The largest absolute Gasteiger partial charge is 0.492 e. The van der Waals surface area contributed by atoms with Crippen molar-refractivity contribution in [2.45, 2.75) is 19.5 Å². The lowest BCUT2D eigenvalue weighted by atomic mass is 10.1. The molecule has 178 valence electrons. The summed E-state index contributed by atoms with van der Waals surface area (Å²) in [6, 6.07) is 20.8. The van der Waals surface area contributed by atoms with Gasteiger partial charge in [0, 0.05) is 5.56 Å². The van der Waals surface area contributed by atoms with Gasteiger partial charge in [-0.2, -0.15) is 0 Å². The van der Waals surface area contributed by atoms with Crippen LogP contribution in [0.15, 0.2) is 78.9 Å². The Morgan fingerprint density at radius 1 is 1.03 bits per heavy atom.